The third-order valence-electron chi connectivity index (χ3n) is 3.05. The summed E-state index contributed by atoms with van der Waals surface area (Å²) in [5.74, 6) is 0.929. The molecule has 3 heterocycles. The third kappa shape index (κ3) is 2.58. The molecule has 19 heavy (non-hydrogen) atoms. The number of thiophene rings is 1. The topological polar surface area (TPSA) is 58.1 Å². The van der Waals surface area contributed by atoms with Gasteiger partial charge in [-0.1, -0.05) is 0 Å². The number of nitrogens with one attached hydrogen (secondary N) is 1. The first-order valence-electron chi connectivity index (χ1n) is 6.10. The highest BCUT2D eigenvalue weighted by Gasteiger charge is 2.31. The van der Waals surface area contributed by atoms with E-state index >= 15 is 0 Å². The monoisotopic (exact) mass is 274 g/mol. The number of carbonyl (C=O) groups is 1. The Morgan fingerprint density at radius 2 is 2.26 bits per heavy atom. The number of nitrogens with zero attached hydrogens (tertiary/aromatic N) is 3. The molecule has 3 rings (SSSR count). The summed E-state index contributed by atoms with van der Waals surface area (Å²) in [4.78, 5) is 23.9. The van der Waals surface area contributed by atoms with E-state index in [0.29, 0.717) is 0 Å². The number of aryl methyl sites for hydroxylation is 1. The maximum Gasteiger partial charge on any atom is 0.264 e. The number of hydrogen-bond acceptors (Lipinski definition) is 5. The van der Waals surface area contributed by atoms with Crippen molar-refractivity contribution in [2.45, 2.75) is 13.0 Å². The Bertz CT molecular complexity index is 577. The summed E-state index contributed by atoms with van der Waals surface area (Å²) < 4.78 is 0. The van der Waals surface area contributed by atoms with Crippen LogP contribution in [-0.2, 0) is 0 Å². The summed E-state index contributed by atoms with van der Waals surface area (Å²) in [6.45, 7) is 3.45. The van der Waals surface area contributed by atoms with Crippen molar-refractivity contribution in [1.82, 2.24) is 14.9 Å². The van der Waals surface area contributed by atoms with E-state index in [1.807, 2.05) is 30.0 Å². The van der Waals surface area contributed by atoms with Gasteiger partial charge in [0.2, 0.25) is 0 Å². The van der Waals surface area contributed by atoms with Gasteiger partial charge in [0.05, 0.1) is 10.9 Å². The maximum absolute atomic E-state index is 12.1. The molecule has 0 aromatic carbocycles. The van der Waals surface area contributed by atoms with E-state index in [0.717, 1.165) is 23.8 Å². The number of aromatic nitrogens is 2. The fraction of sp³-hybridized carbons (Fsp3) is 0.308. The number of likely N-dealkylation sites (tertiary alicyclic amines) is 1. The Labute approximate surface area is 115 Å². The summed E-state index contributed by atoms with van der Waals surface area (Å²) in [5.41, 5.74) is 0. The van der Waals surface area contributed by atoms with Gasteiger partial charge in [0, 0.05) is 24.2 Å². The highest BCUT2D eigenvalue weighted by atomic mass is 32.1. The van der Waals surface area contributed by atoms with E-state index in [2.05, 4.69) is 15.3 Å². The smallest absolute Gasteiger partial charge is 0.264 e. The molecule has 1 fully saturated rings. The van der Waals surface area contributed by atoms with Gasteiger partial charge in [-0.2, -0.15) is 0 Å². The predicted molar refractivity (Wildman–Crippen MR) is 74.4 cm³/mol. The molecule has 98 valence electrons. The Morgan fingerprint density at radius 1 is 1.42 bits per heavy atom. The number of anilines is 1. The fourth-order valence-electron chi connectivity index (χ4n) is 2.03. The molecule has 0 aliphatic carbocycles. The number of amides is 1. The summed E-state index contributed by atoms with van der Waals surface area (Å²) >= 11 is 1.55. The minimum atomic E-state index is 0.124. The minimum absolute atomic E-state index is 0.124. The van der Waals surface area contributed by atoms with Gasteiger partial charge in [0.1, 0.15) is 12.1 Å². The van der Waals surface area contributed by atoms with Crippen molar-refractivity contribution in [1.29, 1.82) is 0 Å². The molecule has 2 aromatic rings. The average molecular weight is 274 g/mol. The largest absolute Gasteiger partial charge is 0.364 e. The second-order valence-electron chi connectivity index (χ2n) is 4.56. The van der Waals surface area contributed by atoms with E-state index in [9.17, 15) is 4.79 Å². The molecule has 0 spiro atoms. The highest BCUT2D eigenvalue weighted by Crippen LogP contribution is 2.21. The Kier molecular flexibility index (Phi) is 3.16. The Hall–Kier alpha value is -1.95. The van der Waals surface area contributed by atoms with Crippen LogP contribution in [0.3, 0.4) is 0 Å². The highest BCUT2D eigenvalue weighted by molar-refractivity contribution is 7.13. The molecular weight excluding hydrogens is 260 g/mol. The molecule has 2 aromatic heterocycles. The van der Waals surface area contributed by atoms with Gasteiger partial charge in [-0.3, -0.25) is 4.79 Å². The molecule has 1 aliphatic heterocycles. The Balaban J connectivity index is 1.54. The van der Waals surface area contributed by atoms with E-state index in [1.54, 1.807) is 17.5 Å². The third-order valence-corrected chi connectivity index (χ3v) is 4.04. The zero-order valence-corrected chi connectivity index (χ0v) is 11.4. The maximum atomic E-state index is 12.1. The van der Waals surface area contributed by atoms with Gasteiger partial charge < -0.3 is 10.2 Å². The van der Waals surface area contributed by atoms with Crippen LogP contribution >= 0.6 is 11.3 Å². The molecular formula is C13H14N4OS. The number of hydrogen-bond donors (Lipinski definition) is 1. The van der Waals surface area contributed by atoms with Crippen molar-refractivity contribution in [2.75, 3.05) is 18.4 Å². The van der Waals surface area contributed by atoms with Gasteiger partial charge in [-0.05, 0) is 25.1 Å². The van der Waals surface area contributed by atoms with Crippen LogP contribution in [0.4, 0.5) is 5.82 Å². The van der Waals surface area contributed by atoms with Gasteiger partial charge in [-0.25, -0.2) is 9.97 Å². The zero-order chi connectivity index (χ0) is 13.2. The average Bonchev–Trinajstić information content (AvgIpc) is 2.80. The molecule has 1 N–H and O–H groups in total. The molecule has 0 radical (unpaired) electrons. The van der Waals surface area contributed by atoms with Crippen LogP contribution < -0.4 is 5.32 Å². The molecule has 1 amide bonds. The second-order valence-corrected chi connectivity index (χ2v) is 5.84. The minimum Gasteiger partial charge on any atom is -0.364 e. The van der Waals surface area contributed by atoms with Gasteiger partial charge in [0.15, 0.2) is 0 Å². The first kappa shape index (κ1) is 12.1. The fourth-order valence-corrected chi connectivity index (χ4v) is 2.86. The normalized spacial score (nSPS) is 15.1. The van der Waals surface area contributed by atoms with Crippen LogP contribution in [0.15, 0.2) is 30.7 Å². The predicted octanol–water partition coefficient (Wildman–Crippen LogP) is 1.78. The zero-order valence-electron chi connectivity index (χ0n) is 10.5. The van der Waals surface area contributed by atoms with E-state index in [1.165, 1.54) is 11.2 Å². The lowest BCUT2D eigenvalue weighted by molar-refractivity contribution is 0.0630. The molecule has 0 atom stereocenters. The number of rotatable bonds is 3. The summed E-state index contributed by atoms with van der Waals surface area (Å²) in [6.07, 6.45) is 3.21. The Morgan fingerprint density at radius 3 is 2.89 bits per heavy atom. The van der Waals surface area contributed by atoms with Crippen molar-refractivity contribution in [3.8, 4) is 0 Å². The van der Waals surface area contributed by atoms with E-state index in [4.69, 9.17) is 0 Å². The number of carbonyl (C=O) groups excluding carboxylic acids is 1. The molecule has 0 unspecified atom stereocenters. The summed E-state index contributed by atoms with van der Waals surface area (Å²) in [7, 11) is 0. The lowest BCUT2D eigenvalue weighted by Crippen LogP contribution is -2.56. The second kappa shape index (κ2) is 4.97. The first-order chi connectivity index (χ1) is 9.22. The van der Waals surface area contributed by atoms with Crippen molar-refractivity contribution in [3.63, 3.8) is 0 Å². The lowest BCUT2D eigenvalue weighted by atomic mass is 10.1. The van der Waals surface area contributed by atoms with Crippen molar-refractivity contribution < 1.29 is 4.79 Å². The van der Waals surface area contributed by atoms with Crippen molar-refractivity contribution in [3.05, 3.63) is 40.5 Å². The standard InChI is InChI=1S/C13H14N4OS/c1-9-2-3-11(19-9)13(18)17-6-10(7-17)16-12-4-5-14-8-15-12/h2-5,8,10H,6-7H2,1H3,(H,14,15,16). The first-order valence-corrected chi connectivity index (χ1v) is 6.92. The van der Waals surface area contributed by atoms with E-state index < -0.39 is 0 Å². The molecule has 5 nitrogen and oxygen atoms in total. The molecule has 6 heteroatoms. The SMILES string of the molecule is Cc1ccc(C(=O)N2CC(Nc3ccncn3)C2)s1. The van der Waals surface area contributed by atoms with Gasteiger partial charge in [-0.15, -0.1) is 11.3 Å². The quantitative estimate of drug-likeness (QED) is 0.927. The summed E-state index contributed by atoms with van der Waals surface area (Å²) in [6, 6.07) is 5.98. The van der Waals surface area contributed by atoms with Crippen LogP contribution in [-0.4, -0.2) is 39.9 Å². The van der Waals surface area contributed by atoms with Crippen LogP contribution in [0.25, 0.3) is 0 Å². The molecule has 0 saturated carbocycles. The van der Waals surface area contributed by atoms with Gasteiger partial charge in [0.25, 0.3) is 5.91 Å². The summed E-state index contributed by atoms with van der Waals surface area (Å²) in [5, 5.41) is 3.28. The van der Waals surface area contributed by atoms with Crippen LogP contribution in [0, 0.1) is 6.92 Å². The van der Waals surface area contributed by atoms with Crippen molar-refractivity contribution >= 4 is 23.1 Å². The van der Waals surface area contributed by atoms with Crippen LogP contribution in [0.2, 0.25) is 0 Å². The molecule has 1 saturated heterocycles. The molecule has 1 aliphatic rings. The molecule has 0 bridgehead atoms. The van der Waals surface area contributed by atoms with Crippen molar-refractivity contribution in [2.24, 2.45) is 0 Å². The lowest BCUT2D eigenvalue weighted by Gasteiger charge is -2.39. The van der Waals surface area contributed by atoms with Crippen LogP contribution in [0.1, 0.15) is 14.5 Å². The van der Waals surface area contributed by atoms with Gasteiger partial charge >= 0.3 is 0 Å². The van der Waals surface area contributed by atoms with Crippen LogP contribution in [0.5, 0.6) is 0 Å². The van der Waals surface area contributed by atoms with E-state index in [-0.39, 0.29) is 11.9 Å².